The molecule has 1 aliphatic heterocycles. The van der Waals surface area contributed by atoms with Crippen LogP contribution in [0.5, 0.6) is 0 Å². The Hall–Kier alpha value is -1.96. The highest BCUT2D eigenvalue weighted by Crippen LogP contribution is 2.29. The first-order valence-electron chi connectivity index (χ1n) is 6.68. The van der Waals surface area contributed by atoms with Crippen molar-refractivity contribution in [3.63, 3.8) is 0 Å². The number of nitrogens with zero attached hydrogens (tertiary/aromatic N) is 3. The molecule has 1 fully saturated rings. The molecule has 8 heteroatoms. The van der Waals surface area contributed by atoms with E-state index in [0.717, 1.165) is 6.42 Å². The van der Waals surface area contributed by atoms with E-state index in [1.165, 1.54) is 0 Å². The average molecular weight is 281 g/mol. The first kappa shape index (κ1) is 14.4. The molecule has 0 radical (unpaired) electrons. The highest BCUT2D eigenvalue weighted by atomic mass is 16.6. The van der Waals surface area contributed by atoms with Gasteiger partial charge in [0.2, 0.25) is 11.8 Å². The molecule has 2 atom stereocenters. The Morgan fingerprint density at radius 1 is 1.50 bits per heavy atom. The van der Waals surface area contributed by atoms with Gasteiger partial charge in [-0.25, -0.2) is 4.98 Å². The zero-order valence-corrected chi connectivity index (χ0v) is 11.8. The lowest BCUT2D eigenvalue weighted by atomic mass is 10.1. The molecule has 1 saturated heterocycles. The number of aromatic nitrogens is 2. The van der Waals surface area contributed by atoms with Crippen LogP contribution in [0.15, 0.2) is 0 Å². The Morgan fingerprint density at radius 2 is 2.25 bits per heavy atom. The number of hydrogen-bond donors (Lipinski definition) is 2. The highest BCUT2D eigenvalue weighted by Gasteiger charge is 2.29. The van der Waals surface area contributed by atoms with E-state index in [9.17, 15) is 10.1 Å². The van der Waals surface area contributed by atoms with Crippen LogP contribution in [0.4, 0.5) is 17.5 Å². The molecule has 0 bridgehead atoms. The zero-order valence-electron chi connectivity index (χ0n) is 11.8. The van der Waals surface area contributed by atoms with Crippen molar-refractivity contribution >= 4 is 17.5 Å². The number of rotatable bonds is 5. The SMILES string of the molecule is CCNc1nc(C)c([N+](=O)[O-])c(NC2CCOC2C)n1. The summed E-state index contributed by atoms with van der Waals surface area (Å²) in [6, 6.07) is 0.0254. The number of ether oxygens (including phenoxy) is 1. The van der Waals surface area contributed by atoms with Crippen LogP contribution >= 0.6 is 0 Å². The van der Waals surface area contributed by atoms with Gasteiger partial charge in [-0.3, -0.25) is 10.1 Å². The largest absolute Gasteiger partial charge is 0.376 e. The predicted octanol–water partition coefficient (Wildman–Crippen LogP) is 1.71. The normalized spacial score (nSPS) is 21.8. The van der Waals surface area contributed by atoms with Crippen molar-refractivity contribution in [2.24, 2.45) is 0 Å². The van der Waals surface area contributed by atoms with Crippen LogP contribution < -0.4 is 10.6 Å². The summed E-state index contributed by atoms with van der Waals surface area (Å²) in [5.41, 5.74) is 0.265. The lowest BCUT2D eigenvalue weighted by Gasteiger charge is -2.17. The van der Waals surface area contributed by atoms with E-state index in [2.05, 4.69) is 20.6 Å². The minimum atomic E-state index is -0.451. The number of nitro groups is 1. The summed E-state index contributed by atoms with van der Waals surface area (Å²) in [6.45, 7) is 6.77. The number of anilines is 2. The van der Waals surface area contributed by atoms with Crippen LogP contribution in [0, 0.1) is 17.0 Å². The van der Waals surface area contributed by atoms with Gasteiger partial charge >= 0.3 is 5.69 Å². The number of nitrogens with one attached hydrogen (secondary N) is 2. The molecule has 1 aromatic rings. The maximum Gasteiger partial charge on any atom is 0.332 e. The summed E-state index contributed by atoms with van der Waals surface area (Å²) < 4.78 is 5.45. The first-order valence-corrected chi connectivity index (χ1v) is 6.68. The molecule has 2 heterocycles. The number of hydrogen-bond acceptors (Lipinski definition) is 7. The smallest absolute Gasteiger partial charge is 0.332 e. The Morgan fingerprint density at radius 3 is 2.80 bits per heavy atom. The fourth-order valence-electron chi connectivity index (χ4n) is 2.22. The molecule has 2 unspecified atom stereocenters. The maximum atomic E-state index is 11.2. The molecule has 1 aromatic heterocycles. The van der Waals surface area contributed by atoms with E-state index >= 15 is 0 Å². The monoisotopic (exact) mass is 281 g/mol. The first-order chi connectivity index (χ1) is 9.52. The third-order valence-corrected chi connectivity index (χ3v) is 3.27. The maximum absolute atomic E-state index is 11.2. The minimum absolute atomic E-state index is 0.00691. The second-order valence-corrected chi connectivity index (χ2v) is 4.73. The van der Waals surface area contributed by atoms with Crippen LogP contribution in [-0.2, 0) is 4.74 Å². The molecular weight excluding hydrogens is 262 g/mol. The highest BCUT2D eigenvalue weighted by molar-refractivity contribution is 5.61. The van der Waals surface area contributed by atoms with Gasteiger partial charge in [0.1, 0.15) is 5.69 Å². The van der Waals surface area contributed by atoms with Gasteiger partial charge in [-0.05, 0) is 27.2 Å². The Kier molecular flexibility index (Phi) is 4.33. The molecule has 2 N–H and O–H groups in total. The lowest BCUT2D eigenvalue weighted by molar-refractivity contribution is -0.385. The fraction of sp³-hybridized carbons (Fsp3) is 0.667. The van der Waals surface area contributed by atoms with Gasteiger partial charge in [0.25, 0.3) is 0 Å². The molecule has 8 nitrogen and oxygen atoms in total. The van der Waals surface area contributed by atoms with Crippen molar-refractivity contribution < 1.29 is 9.66 Å². The van der Waals surface area contributed by atoms with Crippen LogP contribution in [-0.4, -0.2) is 40.2 Å². The summed E-state index contributed by atoms with van der Waals surface area (Å²) in [7, 11) is 0. The average Bonchev–Trinajstić information content (AvgIpc) is 2.74. The van der Waals surface area contributed by atoms with E-state index in [1.807, 2.05) is 13.8 Å². The van der Waals surface area contributed by atoms with Gasteiger partial charge in [0.05, 0.1) is 17.1 Å². The van der Waals surface area contributed by atoms with Gasteiger partial charge in [0.15, 0.2) is 0 Å². The zero-order chi connectivity index (χ0) is 14.7. The summed E-state index contributed by atoms with van der Waals surface area (Å²) in [4.78, 5) is 19.1. The topological polar surface area (TPSA) is 102 Å². The third kappa shape index (κ3) is 2.96. The van der Waals surface area contributed by atoms with Gasteiger partial charge in [0, 0.05) is 13.2 Å². The summed E-state index contributed by atoms with van der Waals surface area (Å²) in [6.07, 6.45) is 0.810. The molecule has 0 spiro atoms. The minimum Gasteiger partial charge on any atom is -0.376 e. The summed E-state index contributed by atoms with van der Waals surface area (Å²) in [5.74, 6) is 0.644. The van der Waals surface area contributed by atoms with Crippen LogP contribution in [0.3, 0.4) is 0 Å². The Bertz CT molecular complexity index is 508. The molecule has 20 heavy (non-hydrogen) atoms. The second-order valence-electron chi connectivity index (χ2n) is 4.73. The van der Waals surface area contributed by atoms with E-state index in [1.54, 1.807) is 6.92 Å². The van der Waals surface area contributed by atoms with Gasteiger partial charge in [-0.15, -0.1) is 0 Å². The van der Waals surface area contributed by atoms with Crippen LogP contribution in [0.1, 0.15) is 26.0 Å². The lowest BCUT2D eigenvalue weighted by Crippen LogP contribution is -2.28. The summed E-state index contributed by atoms with van der Waals surface area (Å²) >= 11 is 0. The fourth-order valence-corrected chi connectivity index (χ4v) is 2.22. The van der Waals surface area contributed by atoms with Crippen molar-refractivity contribution in [2.75, 3.05) is 23.8 Å². The molecule has 2 rings (SSSR count). The van der Waals surface area contributed by atoms with Crippen molar-refractivity contribution in [2.45, 2.75) is 39.3 Å². The Labute approximate surface area is 117 Å². The van der Waals surface area contributed by atoms with Crippen molar-refractivity contribution in [1.82, 2.24) is 9.97 Å². The van der Waals surface area contributed by atoms with E-state index in [4.69, 9.17) is 4.74 Å². The van der Waals surface area contributed by atoms with Crippen LogP contribution in [0.25, 0.3) is 0 Å². The summed E-state index contributed by atoms with van der Waals surface area (Å²) in [5, 5.41) is 17.3. The van der Waals surface area contributed by atoms with Crippen molar-refractivity contribution in [3.05, 3.63) is 15.8 Å². The predicted molar refractivity (Wildman–Crippen MR) is 75.0 cm³/mol. The second kappa shape index (κ2) is 6.00. The van der Waals surface area contributed by atoms with Crippen molar-refractivity contribution in [3.8, 4) is 0 Å². The van der Waals surface area contributed by atoms with E-state index in [-0.39, 0.29) is 23.7 Å². The molecular formula is C12H19N5O3. The molecule has 0 aliphatic carbocycles. The quantitative estimate of drug-likeness (QED) is 0.625. The number of aryl methyl sites for hydroxylation is 1. The van der Waals surface area contributed by atoms with E-state index < -0.39 is 4.92 Å². The molecule has 0 amide bonds. The van der Waals surface area contributed by atoms with E-state index in [0.29, 0.717) is 24.8 Å². The molecule has 1 aliphatic rings. The van der Waals surface area contributed by atoms with Gasteiger partial charge < -0.3 is 15.4 Å². The van der Waals surface area contributed by atoms with Gasteiger partial charge in [-0.1, -0.05) is 0 Å². The molecule has 0 aromatic carbocycles. The molecule has 0 saturated carbocycles. The van der Waals surface area contributed by atoms with Crippen molar-refractivity contribution in [1.29, 1.82) is 0 Å². The third-order valence-electron chi connectivity index (χ3n) is 3.27. The van der Waals surface area contributed by atoms with Gasteiger partial charge in [-0.2, -0.15) is 4.98 Å². The standard InChI is InChI=1S/C12H19N5O3/c1-4-13-12-14-7(2)10(17(18)19)11(16-12)15-9-5-6-20-8(9)3/h8-9H,4-6H2,1-3H3,(H2,13,14,15,16). The van der Waals surface area contributed by atoms with Crippen LogP contribution in [0.2, 0.25) is 0 Å². The Balaban J connectivity index is 2.34. The molecule has 110 valence electrons.